The minimum absolute atomic E-state index is 0.177. The van der Waals surface area contributed by atoms with Crippen molar-refractivity contribution in [1.82, 2.24) is 14.6 Å². The van der Waals surface area contributed by atoms with Crippen LogP contribution in [0.15, 0.2) is 35.4 Å². The highest BCUT2D eigenvalue weighted by molar-refractivity contribution is 5.98. The van der Waals surface area contributed by atoms with Gasteiger partial charge in [-0.05, 0) is 32.0 Å². The molecule has 1 unspecified atom stereocenters. The topological polar surface area (TPSA) is 114 Å². The number of aliphatic carboxylic acids is 1. The van der Waals surface area contributed by atoms with E-state index in [0.717, 1.165) is 0 Å². The zero-order chi connectivity index (χ0) is 22.4. The van der Waals surface area contributed by atoms with Crippen LogP contribution in [0.2, 0.25) is 0 Å². The number of nitrogens with zero attached hydrogens (tertiary/aromatic N) is 2. The molecule has 9 heteroatoms. The minimum Gasteiger partial charge on any atom is -0.497 e. The van der Waals surface area contributed by atoms with Crippen molar-refractivity contribution in [3.8, 4) is 22.6 Å². The fourth-order valence-electron chi connectivity index (χ4n) is 3.95. The third kappa shape index (κ3) is 3.31. The highest BCUT2D eigenvalue weighted by Crippen LogP contribution is 2.46. The summed E-state index contributed by atoms with van der Waals surface area (Å²) < 4.78 is 6.91. The number of hydrogen-bond donors (Lipinski definition) is 2. The second kappa shape index (κ2) is 7.50. The van der Waals surface area contributed by atoms with Gasteiger partial charge in [-0.1, -0.05) is 0 Å². The number of rotatable bonds is 5. The van der Waals surface area contributed by atoms with E-state index in [1.807, 2.05) is 0 Å². The summed E-state index contributed by atoms with van der Waals surface area (Å²) in [6.07, 6.45) is 3.00. The Bertz CT molecular complexity index is 1260. The largest absolute Gasteiger partial charge is 0.497 e. The molecule has 162 valence electrons. The lowest BCUT2D eigenvalue weighted by atomic mass is 9.88. The quantitative estimate of drug-likeness (QED) is 0.650. The maximum absolute atomic E-state index is 13.0. The molecule has 0 radical (unpaired) electrons. The Labute approximate surface area is 177 Å². The van der Waals surface area contributed by atoms with E-state index in [2.05, 4.69) is 4.98 Å². The van der Waals surface area contributed by atoms with Crippen molar-refractivity contribution in [3.05, 3.63) is 46.5 Å². The molecular weight excluding hydrogens is 402 g/mol. The molecule has 2 N–H and O–H groups in total. The van der Waals surface area contributed by atoms with Gasteiger partial charge in [-0.3, -0.25) is 14.4 Å². The Balaban J connectivity index is 2.05. The van der Waals surface area contributed by atoms with Gasteiger partial charge in [-0.15, -0.1) is 0 Å². The molecule has 2 aromatic heterocycles. The van der Waals surface area contributed by atoms with Crippen LogP contribution in [0.3, 0.4) is 0 Å². The molecule has 1 amide bonds. The molecule has 0 spiro atoms. The maximum atomic E-state index is 13.0. The summed E-state index contributed by atoms with van der Waals surface area (Å²) in [6.45, 7) is 3.58. The number of aromatic nitrogens is 2. The van der Waals surface area contributed by atoms with Gasteiger partial charge >= 0.3 is 5.97 Å². The zero-order valence-electron chi connectivity index (χ0n) is 17.6. The van der Waals surface area contributed by atoms with Gasteiger partial charge in [0.1, 0.15) is 11.3 Å². The van der Waals surface area contributed by atoms with Gasteiger partial charge in [-0.2, -0.15) is 5.06 Å². The molecule has 0 saturated heterocycles. The number of hydroxylamine groups is 2. The van der Waals surface area contributed by atoms with Gasteiger partial charge < -0.3 is 24.2 Å². The molecule has 3 aromatic rings. The average molecular weight is 425 g/mol. The summed E-state index contributed by atoms with van der Waals surface area (Å²) >= 11 is 0. The fourth-order valence-corrected chi connectivity index (χ4v) is 3.95. The normalized spacial score (nSPS) is 15.8. The van der Waals surface area contributed by atoms with Crippen LogP contribution < -0.4 is 15.1 Å². The third-order valence-corrected chi connectivity index (χ3v) is 5.44. The smallest absolute Gasteiger partial charge is 0.304 e. The molecule has 3 heterocycles. The van der Waals surface area contributed by atoms with Crippen molar-refractivity contribution in [3.63, 3.8) is 0 Å². The number of benzene rings is 1. The third-order valence-electron chi connectivity index (χ3n) is 5.44. The lowest BCUT2D eigenvalue weighted by Gasteiger charge is -2.36. The summed E-state index contributed by atoms with van der Waals surface area (Å²) in [6, 6.07) is 4.88. The van der Waals surface area contributed by atoms with Crippen LogP contribution in [0.5, 0.6) is 11.5 Å². The van der Waals surface area contributed by atoms with E-state index in [0.29, 0.717) is 39.1 Å². The van der Waals surface area contributed by atoms with Crippen LogP contribution in [-0.2, 0) is 16.6 Å². The van der Waals surface area contributed by atoms with Crippen LogP contribution in [0.4, 0.5) is 0 Å². The number of carboxylic acid groups (broad SMARTS) is 1. The van der Waals surface area contributed by atoms with Crippen molar-refractivity contribution in [1.29, 1.82) is 0 Å². The summed E-state index contributed by atoms with van der Waals surface area (Å²) in [7, 11) is 3.15. The van der Waals surface area contributed by atoms with E-state index in [4.69, 9.17) is 9.57 Å². The number of carbonyl (C=O) groups is 2. The standard InChI is InChI=1S/C22H23N3O6/c1-11(2)25-21(28)16(9-18(26)27)14-7-12(30-4)8-15(20(14)31-25)17-10-24(3)22(29)19-13(17)5-6-23-19/h5-8,10-11,16,23H,9H2,1-4H3,(H,26,27). The monoisotopic (exact) mass is 425 g/mol. The minimum atomic E-state index is -1.09. The molecular formula is C22H23N3O6. The van der Waals surface area contributed by atoms with E-state index in [1.54, 1.807) is 51.5 Å². The van der Waals surface area contributed by atoms with Crippen molar-refractivity contribution in [2.75, 3.05) is 7.11 Å². The number of ether oxygens (including phenoxy) is 1. The predicted octanol–water partition coefficient (Wildman–Crippen LogP) is 2.64. The molecule has 1 aliphatic rings. The van der Waals surface area contributed by atoms with Crippen molar-refractivity contribution in [2.45, 2.75) is 32.2 Å². The Morgan fingerprint density at radius 1 is 1.29 bits per heavy atom. The molecule has 9 nitrogen and oxygen atoms in total. The van der Waals surface area contributed by atoms with Crippen LogP contribution in [0.25, 0.3) is 22.0 Å². The number of pyridine rings is 1. The van der Waals surface area contributed by atoms with Crippen molar-refractivity contribution >= 4 is 22.8 Å². The van der Waals surface area contributed by atoms with Crippen LogP contribution in [0.1, 0.15) is 31.7 Å². The molecule has 0 aliphatic carbocycles. The van der Waals surface area contributed by atoms with E-state index >= 15 is 0 Å². The fraction of sp³-hybridized carbons (Fsp3) is 0.318. The highest BCUT2D eigenvalue weighted by atomic mass is 16.7. The number of aromatic amines is 1. The molecule has 1 aromatic carbocycles. The van der Waals surface area contributed by atoms with Gasteiger partial charge in [0.25, 0.3) is 11.5 Å². The number of hydrogen-bond acceptors (Lipinski definition) is 5. The number of H-pyrrole nitrogens is 1. The first kappa shape index (κ1) is 20.5. The molecule has 0 bridgehead atoms. The van der Waals surface area contributed by atoms with Crippen molar-refractivity contribution < 1.29 is 24.3 Å². The lowest BCUT2D eigenvalue weighted by Crippen LogP contribution is -2.46. The maximum Gasteiger partial charge on any atom is 0.304 e. The van der Waals surface area contributed by atoms with E-state index in [-0.39, 0.29) is 18.0 Å². The molecule has 1 atom stereocenters. The molecule has 0 fully saturated rings. The summed E-state index contributed by atoms with van der Waals surface area (Å²) in [5, 5.41) is 11.3. The number of amides is 1. The first-order chi connectivity index (χ1) is 14.7. The van der Waals surface area contributed by atoms with Gasteiger partial charge in [0, 0.05) is 41.5 Å². The number of aryl methyl sites for hydroxylation is 1. The molecule has 31 heavy (non-hydrogen) atoms. The van der Waals surface area contributed by atoms with E-state index in [9.17, 15) is 19.5 Å². The Morgan fingerprint density at radius 2 is 2.03 bits per heavy atom. The lowest BCUT2D eigenvalue weighted by molar-refractivity contribution is -0.171. The number of nitrogens with one attached hydrogen (secondary N) is 1. The second-order valence-corrected chi connectivity index (χ2v) is 7.82. The van der Waals surface area contributed by atoms with Gasteiger partial charge in [0.15, 0.2) is 5.75 Å². The number of carboxylic acids is 1. The summed E-state index contributed by atoms with van der Waals surface area (Å²) in [5.74, 6) is -1.60. The van der Waals surface area contributed by atoms with Gasteiger partial charge in [0.05, 0.1) is 25.5 Å². The van der Waals surface area contributed by atoms with Crippen LogP contribution in [-0.4, -0.2) is 44.7 Å². The Hall–Kier alpha value is -3.75. The van der Waals surface area contributed by atoms with E-state index in [1.165, 1.54) is 16.7 Å². The first-order valence-electron chi connectivity index (χ1n) is 9.84. The van der Waals surface area contributed by atoms with Gasteiger partial charge in [0.2, 0.25) is 0 Å². The summed E-state index contributed by atoms with van der Waals surface area (Å²) in [5.41, 5.74) is 2.00. The first-order valence-corrected chi connectivity index (χ1v) is 9.84. The number of fused-ring (bicyclic) bond motifs is 2. The average Bonchev–Trinajstić information content (AvgIpc) is 3.21. The highest BCUT2D eigenvalue weighted by Gasteiger charge is 2.40. The SMILES string of the molecule is COc1cc(-c2cn(C)c(=O)c3[nH]ccc23)c2c(c1)C(CC(=O)O)C(=O)N(C(C)C)O2. The Kier molecular flexibility index (Phi) is 4.96. The van der Waals surface area contributed by atoms with Crippen LogP contribution in [0, 0.1) is 0 Å². The van der Waals surface area contributed by atoms with Crippen LogP contribution >= 0.6 is 0 Å². The van der Waals surface area contributed by atoms with Crippen molar-refractivity contribution in [2.24, 2.45) is 7.05 Å². The number of carbonyl (C=O) groups excluding carboxylic acids is 1. The zero-order valence-corrected chi connectivity index (χ0v) is 17.6. The van der Waals surface area contributed by atoms with Gasteiger partial charge in [-0.25, -0.2) is 0 Å². The number of methoxy groups -OCH3 is 1. The van der Waals surface area contributed by atoms with E-state index < -0.39 is 17.8 Å². The molecule has 4 rings (SSSR count). The molecule has 1 aliphatic heterocycles. The predicted molar refractivity (Wildman–Crippen MR) is 113 cm³/mol. The second-order valence-electron chi connectivity index (χ2n) is 7.82. The molecule has 0 saturated carbocycles. The summed E-state index contributed by atoms with van der Waals surface area (Å²) in [4.78, 5) is 46.1. The Morgan fingerprint density at radius 3 is 2.68 bits per heavy atom.